The van der Waals surface area contributed by atoms with Crippen LogP contribution in [0.3, 0.4) is 0 Å². The third-order valence-electron chi connectivity index (χ3n) is 4.18. The van der Waals surface area contributed by atoms with Crippen molar-refractivity contribution in [3.05, 3.63) is 48.5 Å². The molecule has 106 valence electrons. The summed E-state index contributed by atoms with van der Waals surface area (Å²) in [7, 11) is 0. The van der Waals surface area contributed by atoms with Crippen LogP contribution in [-0.2, 0) is 6.54 Å². The zero-order chi connectivity index (χ0) is 13.9. The molecule has 0 spiro atoms. The molecule has 0 amide bonds. The van der Waals surface area contributed by atoms with Gasteiger partial charge in [0.1, 0.15) is 0 Å². The number of hydrogen-bond donors (Lipinski definition) is 1. The maximum atomic E-state index is 6.02. The quantitative estimate of drug-likeness (QED) is 0.930. The fourth-order valence-corrected chi connectivity index (χ4v) is 2.91. The molecule has 1 fully saturated rings. The van der Waals surface area contributed by atoms with Crippen molar-refractivity contribution in [2.45, 2.75) is 38.4 Å². The molecule has 0 saturated carbocycles. The van der Waals surface area contributed by atoms with Gasteiger partial charge in [-0.05, 0) is 37.5 Å². The van der Waals surface area contributed by atoms with Crippen LogP contribution in [0.25, 0.3) is 5.69 Å². The van der Waals surface area contributed by atoms with E-state index >= 15 is 0 Å². The second-order valence-corrected chi connectivity index (χ2v) is 5.74. The maximum absolute atomic E-state index is 6.02. The first-order chi connectivity index (χ1) is 9.72. The van der Waals surface area contributed by atoms with Crippen LogP contribution in [0, 0.1) is 0 Å². The SMILES string of the molecule is CC1CC(N)CCN1Cc1ccc(-n2ccnc2)cc1. The highest BCUT2D eigenvalue weighted by atomic mass is 15.2. The van der Waals surface area contributed by atoms with Crippen LogP contribution >= 0.6 is 0 Å². The molecular formula is C16H22N4. The normalized spacial score (nSPS) is 23.9. The third-order valence-corrected chi connectivity index (χ3v) is 4.18. The summed E-state index contributed by atoms with van der Waals surface area (Å²) in [5.74, 6) is 0. The maximum Gasteiger partial charge on any atom is 0.0991 e. The first-order valence-corrected chi connectivity index (χ1v) is 7.29. The summed E-state index contributed by atoms with van der Waals surface area (Å²) in [6.45, 7) is 4.39. The number of hydrogen-bond acceptors (Lipinski definition) is 3. The molecule has 20 heavy (non-hydrogen) atoms. The first kappa shape index (κ1) is 13.3. The van der Waals surface area contributed by atoms with Gasteiger partial charge in [0.2, 0.25) is 0 Å². The zero-order valence-electron chi connectivity index (χ0n) is 11.9. The van der Waals surface area contributed by atoms with Gasteiger partial charge in [0.05, 0.1) is 6.33 Å². The molecule has 1 aliphatic heterocycles. The topological polar surface area (TPSA) is 47.1 Å². The standard InChI is InChI=1S/C16H22N4/c1-13-10-15(17)6-8-19(13)11-14-2-4-16(5-3-14)20-9-7-18-12-20/h2-5,7,9,12-13,15H,6,8,10-11,17H2,1H3. The number of imidazole rings is 1. The number of benzene rings is 1. The van der Waals surface area contributed by atoms with Crippen molar-refractivity contribution in [3.63, 3.8) is 0 Å². The Morgan fingerprint density at radius 1 is 1.30 bits per heavy atom. The van der Waals surface area contributed by atoms with Crippen LogP contribution in [0.2, 0.25) is 0 Å². The smallest absolute Gasteiger partial charge is 0.0991 e. The molecule has 1 saturated heterocycles. The van der Waals surface area contributed by atoms with Crippen molar-refractivity contribution in [2.24, 2.45) is 5.73 Å². The molecule has 3 rings (SSSR count). The molecule has 2 heterocycles. The van der Waals surface area contributed by atoms with Gasteiger partial charge in [-0.15, -0.1) is 0 Å². The number of piperidine rings is 1. The van der Waals surface area contributed by atoms with E-state index in [4.69, 9.17) is 5.73 Å². The van der Waals surface area contributed by atoms with Crippen LogP contribution in [0.4, 0.5) is 0 Å². The highest BCUT2D eigenvalue weighted by Gasteiger charge is 2.22. The van der Waals surface area contributed by atoms with Crippen molar-refractivity contribution in [1.29, 1.82) is 0 Å². The van der Waals surface area contributed by atoms with E-state index in [2.05, 4.69) is 41.1 Å². The van der Waals surface area contributed by atoms with E-state index in [1.54, 1.807) is 6.20 Å². The predicted octanol–water partition coefficient (Wildman–Crippen LogP) is 2.18. The number of nitrogens with zero attached hydrogens (tertiary/aromatic N) is 3. The summed E-state index contributed by atoms with van der Waals surface area (Å²) < 4.78 is 2.02. The van der Waals surface area contributed by atoms with Crippen molar-refractivity contribution < 1.29 is 0 Å². The second kappa shape index (κ2) is 5.77. The molecule has 4 nitrogen and oxygen atoms in total. The predicted molar refractivity (Wildman–Crippen MR) is 80.6 cm³/mol. The molecule has 1 aromatic carbocycles. The molecule has 4 heteroatoms. The molecule has 1 aliphatic rings. The van der Waals surface area contributed by atoms with E-state index in [-0.39, 0.29) is 0 Å². The molecule has 1 aromatic heterocycles. The Labute approximate surface area is 120 Å². The summed E-state index contributed by atoms with van der Waals surface area (Å²) in [6, 6.07) is 9.67. The Morgan fingerprint density at radius 2 is 2.10 bits per heavy atom. The van der Waals surface area contributed by atoms with Crippen molar-refractivity contribution in [1.82, 2.24) is 14.5 Å². The van der Waals surface area contributed by atoms with E-state index in [9.17, 15) is 0 Å². The lowest BCUT2D eigenvalue weighted by Gasteiger charge is -2.36. The fourth-order valence-electron chi connectivity index (χ4n) is 2.91. The minimum absolute atomic E-state index is 0.380. The van der Waals surface area contributed by atoms with Crippen molar-refractivity contribution in [3.8, 4) is 5.69 Å². The number of rotatable bonds is 3. The number of likely N-dealkylation sites (tertiary alicyclic amines) is 1. The van der Waals surface area contributed by atoms with E-state index in [1.165, 1.54) is 5.56 Å². The van der Waals surface area contributed by atoms with Gasteiger partial charge in [-0.1, -0.05) is 12.1 Å². The Hall–Kier alpha value is -1.65. The lowest BCUT2D eigenvalue weighted by molar-refractivity contribution is 0.140. The largest absolute Gasteiger partial charge is 0.328 e. The van der Waals surface area contributed by atoms with Crippen LogP contribution in [0.15, 0.2) is 43.0 Å². The fraction of sp³-hybridized carbons (Fsp3) is 0.438. The lowest BCUT2D eigenvalue weighted by atomic mass is 9.98. The zero-order valence-corrected chi connectivity index (χ0v) is 11.9. The van der Waals surface area contributed by atoms with Gasteiger partial charge in [0.15, 0.2) is 0 Å². The monoisotopic (exact) mass is 270 g/mol. The highest BCUT2D eigenvalue weighted by molar-refractivity contribution is 5.34. The van der Waals surface area contributed by atoms with Gasteiger partial charge in [-0.3, -0.25) is 4.90 Å². The highest BCUT2D eigenvalue weighted by Crippen LogP contribution is 2.19. The molecular weight excluding hydrogens is 248 g/mol. The third kappa shape index (κ3) is 2.92. The number of aromatic nitrogens is 2. The van der Waals surface area contributed by atoms with Crippen molar-refractivity contribution in [2.75, 3.05) is 6.54 Å². The summed E-state index contributed by atoms with van der Waals surface area (Å²) >= 11 is 0. The van der Waals surface area contributed by atoms with E-state index in [0.29, 0.717) is 12.1 Å². The molecule has 0 aliphatic carbocycles. The first-order valence-electron chi connectivity index (χ1n) is 7.29. The summed E-state index contributed by atoms with van der Waals surface area (Å²) in [4.78, 5) is 6.60. The molecule has 2 aromatic rings. The summed E-state index contributed by atoms with van der Waals surface area (Å²) in [6.07, 6.45) is 7.79. The van der Waals surface area contributed by atoms with Gasteiger partial charge >= 0.3 is 0 Å². The van der Waals surface area contributed by atoms with Crippen LogP contribution < -0.4 is 5.73 Å². The lowest BCUT2D eigenvalue weighted by Crippen LogP contribution is -2.44. The van der Waals surface area contributed by atoms with E-state index < -0.39 is 0 Å². The Morgan fingerprint density at radius 3 is 2.75 bits per heavy atom. The van der Waals surface area contributed by atoms with Gasteiger partial charge in [0, 0.05) is 43.3 Å². The van der Waals surface area contributed by atoms with Crippen LogP contribution in [0.1, 0.15) is 25.3 Å². The summed E-state index contributed by atoms with van der Waals surface area (Å²) in [5, 5.41) is 0. The van der Waals surface area contributed by atoms with E-state index in [1.807, 2.05) is 17.1 Å². The minimum Gasteiger partial charge on any atom is -0.328 e. The van der Waals surface area contributed by atoms with E-state index in [0.717, 1.165) is 31.6 Å². The Bertz CT molecular complexity index is 532. The Balaban J connectivity index is 1.66. The number of nitrogens with two attached hydrogens (primary N) is 1. The van der Waals surface area contributed by atoms with Crippen LogP contribution in [-0.4, -0.2) is 33.1 Å². The van der Waals surface area contributed by atoms with Gasteiger partial charge in [-0.25, -0.2) is 4.98 Å². The second-order valence-electron chi connectivity index (χ2n) is 5.74. The molecule has 0 radical (unpaired) electrons. The average Bonchev–Trinajstić information content (AvgIpc) is 2.97. The molecule has 2 unspecified atom stereocenters. The molecule has 2 atom stereocenters. The Kier molecular flexibility index (Phi) is 3.85. The van der Waals surface area contributed by atoms with Gasteiger partial charge in [0.25, 0.3) is 0 Å². The van der Waals surface area contributed by atoms with Crippen molar-refractivity contribution >= 4 is 0 Å². The summed E-state index contributed by atoms with van der Waals surface area (Å²) in [5.41, 5.74) is 8.53. The molecule has 0 bridgehead atoms. The van der Waals surface area contributed by atoms with Gasteiger partial charge < -0.3 is 10.3 Å². The van der Waals surface area contributed by atoms with Gasteiger partial charge in [-0.2, -0.15) is 0 Å². The minimum atomic E-state index is 0.380. The molecule has 2 N–H and O–H groups in total. The average molecular weight is 270 g/mol. The van der Waals surface area contributed by atoms with Crippen LogP contribution in [0.5, 0.6) is 0 Å².